The normalized spacial score (nSPS) is 9.85. The molecule has 0 saturated heterocycles. The van der Waals surface area contributed by atoms with Gasteiger partial charge in [-0.15, -0.1) is 0 Å². The van der Waals surface area contributed by atoms with Crippen molar-refractivity contribution in [2.75, 3.05) is 5.32 Å². The van der Waals surface area contributed by atoms with E-state index in [1.807, 2.05) is 0 Å². The summed E-state index contributed by atoms with van der Waals surface area (Å²) >= 11 is 0. The molecule has 2 rings (SSSR count). The third kappa shape index (κ3) is 2.96. The Hall–Kier alpha value is -2.78. The lowest BCUT2D eigenvalue weighted by Gasteiger charge is -2.06. The molecule has 0 saturated carbocycles. The lowest BCUT2D eigenvalue weighted by molar-refractivity contribution is 0.102. The standard InChI is InChI=1S/C14H11FN4O/c15-13-2-1-11(6-10(13)7-16)19-14(20)9-3-4-18-12(5-9)8-17/h1-6H,8,17H2,(H,19,20). The van der Waals surface area contributed by atoms with Gasteiger partial charge in [-0.3, -0.25) is 9.78 Å². The van der Waals surface area contributed by atoms with E-state index in [4.69, 9.17) is 11.0 Å². The van der Waals surface area contributed by atoms with Crippen LogP contribution in [0.1, 0.15) is 21.6 Å². The number of nitriles is 1. The second-order valence-corrected chi connectivity index (χ2v) is 4.00. The van der Waals surface area contributed by atoms with Crippen LogP contribution in [-0.2, 0) is 6.54 Å². The van der Waals surface area contributed by atoms with Crippen molar-refractivity contribution in [2.24, 2.45) is 5.73 Å². The fourth-order valence-corrected chi connectivity index (χ4v) is 1.62. The number of benzene rings is 1. The zero-order valence-corrected chi connectivity index (χ0v) is 10.4. The van der Waals surface area contributed by atoms with E-state index in [9.17, 15) is 9.18 Å². The van der Waals surface area contributed by atoms with Crippen LogP contribution in [0.25, 0.3) is 0 Å². The van der Waals surface area contributed by atoms with Gasteiger partial charge in [-0.25, -0.2) is 4.39 Å². The van der Waals surface area contributed by atoms with E-state index in [0.717, 1.165) is 6.07 Å². The molecule has 0 aliphatic heterocycles. The SMILES string of the molecule is N#Cc1cc(NC(=O)c2ccnc(CN)c2)ccc1F. The highest BCUT2D eigenvalue weighted by molar-refractivity contribution is 6.04. The number of carbonyl (C=O) groups excluding carboxylic acids is 1. The molecule has 0 bridgehead atoms. The summed E-state index contributed by atoms with van der Waals surface area (Å²) in [4.78, 5) is 16.0. The average molecular weight is 270 g/mol. The van der Waals surface area contributed by atoms with Crippen LogP contribution in [-0.4, -0.2) is 10.9 Å². The zero-order chi connectivity index (χ0) is 14.5. The molecule has 0 radical (unpaired) electrons. The molecule has 0 atom stereocenters. The number of rotatable bonds is 3. The van der Waals surface area contributed by atoms with E-state index in [0.29, 0.717) is 16.9 Å². The molecule has 0 unspecified atom stereocenters. The lowest BCUT2D eigenvalue weighted by atomic mass is 10.2. The number of nitrogens with zero attached hydrogens (tertiary/aromatic N) is 2. The van der Waals surface area contributed by atoms with Crippen molar-refractivity contribution < 1.29 is 9.18 Å². The third-order valence-electron chi connectivity index (χ3n) is 2.63. The highest BCUT2D eigenvalue weighted by Crippen LogP contribution is 2.15. The first kappa shape index (κ1) is 13.6. The summed E-state index contributed by atoms with van der Waals surface area (Å²) in [5.41, 5.74) is 6.66. The molecule has 0 spiro atoms. The number of amides is 1. The van der Waals surface area contributed by atoms with E-state index in [2.05, 4.69) is 10.3 Å². The summed E-state index contributed by atoms with van der Waals surface area (Å²) < 4.78 is 13.2. The second kappa shape index (κ2) is 5.91. The maximum absolute atomic E-state index is 13.2. The van der Waals surface area contributed by atoms with Gasteiger partial charge in [0.25, 0.3) is 5.91 Å². The van der Waals surface area contributed by atoms with Crippen molar-refractivity contribution in [1.82, 2.24) is 4.98 Å². The number of aromatic nitrogens is 1. The van der Waals surface area contributed by atoms with Crippen LogP contribution in [0.4, 0.5) is 10.1 Å². The fourth-order valence-electron chi connectivity index (χ4n) is 1.62. The molecule has 2 aromatic rings. The van der Waals surface area contributed by atoms with E-state index in [1.54, 1.807) is 18.2 Å². The number of carbonyl (C=O) groups is 1. The maximum Gasteiger partial charge on any atom is 0.255 e. The Morgan fingerprint density at radius 3 is 2.90 bits per heavy atom. The summed E-state index contributed by atoms with van der Waals surface area (Å²) in [6, 6.07) is 8.63. The molecule has 1 aromatic heterocycles. The first-order valence-corrected chi connectivity index (χ1v) is 5.80. The Kier molecular flexibility index (Phi) is 4.03. The topological polar surface area (TPSA) is 91.8 Å². The van der Waals surface area contributed by atoms with E-state index >= 15 is 0 Å². The fraction of sp³-hybridized carbons (Fsp3) is 0.0714. The first-order valence-electron chi connectivity index (χ1n) is 5.80. The second-order valence-electron chi connectivity index (χ2n) is 4.00. The van der Waals surface area contributed by atoms with Crippen LogP contribution in [0.3, 0.4) is 0 Å². The Bertz CT molecular complexity index is 694. The minimum atomic E-state index is -0.625. The Morgan fingerprint density at radius 1 is 1.40 bits per heavy atom. The van der Waals surface area contributed by atoms with Gasteiger partial charge < -0.3 is 11.1 Å². The summed E-state index contributed by atoms with van der Waals surface area (Å²) in [5.74, 6) is -1.00. The van der Waals surface area contributed by atoms with Gasteiger partial charge in [0.15, 0.2) is 0 Å². The average Bonchev–Trinajstić information content (AvgIpc) is 2.49. The quantitative estimate of drug-likeness (QED) is 0.889. The molecular weight excluding hydrogens is 259 g/mol. The zero-order valence-electron chi connectivity index (χ0n) is 10.4. The predicted octanol–water partition coefficient (Wildman–Crippen LogP) is 1.80. The minimum absolute atomic E-state index is 0.125. The minimum Gasteiger partial charge on any atom is -0.325 e. The van der Waals surface area contributed by atoms with Crippen LogP contribution in [0.5, 0.6) is 0 Å². The van der Waals surface area contributed by atoms with Crippen molar-refractivity contribution in [3.05, 3.63) is 59.2 Å². The largest absolute Gasteiger partial charge is 0.325 e. The first-order chi connectivity index (χ1) is 9.63. The molecule has 1 heterocycles. The van der Waals surface area contributed by atoms with Crippen LogP contribution in [0.2, 0.25) is 0 Å². The lowest BCUT2D eigenvalue weighted by Crippen LogP contribution is -2.13. The predicted molar refractivity (Wildman–Crippen MR) is 71.2 cm³/mol. The monoisotopic (exact) mass is 270 g/mol. The Morgan fingerprint density at radius 2 is 2.20 bits per heavy atom. The summed E-state index contributed by atoms with van der Waals surface area (Å²) in [6.45, 7) is 0.232. The van der Waals surface area contributed by atoms with Crippen LogP contribution < -0.4 is 11.1 Å². The molecule has 6 heteroatoms. The van der Waals surface area contributed by atoms with E-state index in [1.165, 1.54) is 18.3 Å². The van der Waals surface area contributed by atoms with Gasteiger partial charge in [0.1, 0.15) is 11.9 Å². The van der Waals surface area contributed by atoms with Gasteiger partial charge in [0.2, 0.25) is 0 Å². The summed E-state index contributed by atoms with van der Waals surface area (Å²) in [7, 11) is 0. The molecule has 0 aliphatic carbocycles. The van der Waals surface area contributed by atoms with E-state index < -0.39 is 5.82 Å². The van der Waals surface area contributed by atoms with Crippen LogP contribution in [0, 0.1) is 17.1 Å². The molecule has 0 aliphatic rings. The van der Waals surface area contributed by atoms with Gasteiger partial charge in [0.05, 0.1) is 11.3 Å². The van der Waals surface area contributed by atoms with Crippen molar-refractivity contribution in [2.45, 2.75) is 6.54 Å². The molecule has 20 heavy (non-hydrogen) atoms. The number of halogens is 1. The number of nitrogens with two attached hydrogens (primary N) is 1. The highest BCUT2D eigenvalue weighted by Gasteiger charge is 2.09. The number of anilines is 1. The van der Waals surface area contributed by atoms with Crippen molar-refractivity contribution in [3.8, 4) is 6.07 Å². The van der Waals surface area contributed by atoms with Gasteiger partial charge in [-0.05, 0) is 30.3 Å². The molecular formula is C14H11FN4O. The molecule has 1 aromatic carbocycles. The summed E-state index contributed by atoms with van der Waals surface area (Å²) in [5, 5.41) is 11.3. The highest BCUT2D eigenvalue weighted by atomic mass is 19.1. The number of pyridine rings is 1. The third-order valence-corrected chi connectivity index (χ3v) is 2.63. The van der Waals surface area contributed by atoms with Crippen molar-refractivity contribution in [1.29, 1.82) is 5.26 Å². The number of hydrogen-bond donors (Lipinski definition) is 2. The van der Waals surface area contributed by atoms with Gasteiger partial charge in [0, 0.05) is 24.0 Å². The van der Waals surface area contributed by atoms with E-state index in [-0.39, 0.29) is 18.0 Å². The van der Waals surface area contributed by atoms with Gasteiger partial charge in [-0.1, -0.05) is 0 Å². The number of nitrogens with one attached hydrogen (secondary N) is 1. The Balaban J connectivity index is 2.21. The molecule has 3 N–H and O–H groups in total. The summed E-state index contributed by atoms with van der Waals surface area (Å²) in [6.07, 6.45) is 1.49. The molecule has 0 fully saturated rings. The molecule has 5 nitrogen and oxygen atoms in total. The smallest absolute Gasteiger partial charge is 0.255 e. The van der Waals surface area contributed by atoms with Gasteiger partial charge >= 0.3 is 0 Å². The Labute approximate surface area is 114 Å². The van der Waals surface area contributed by atoms with Crippen molar-refractivity contribution >= 4 is 11.6 Å². The van der Waals surface area contributed by atoms with Gasteiger partial charge in [-0.2, -0.15) is 5.26 Å². The molecule has 1 amide bonds. The number of hydrogen-bond acceptors (Lipinski definition) is 4. The molecule has 100 valence electrons. The van der Waals surface area contributed by atoms with Crippen LogP contribution >= 0.6 is 0 Å². The van der Waals surface area contributed by atoms with Crippen LogP contribution in [0.15, 0.2) is 36.5 Å². The maximum atomic E-state index is 13.2. The van der Waals surface area contributed by atoms with Crippen molar-refractivity contribution in [3.63, 3.8) is 0 Å².